The van der Waals surface area contributed by atoms with Gasteiger partial charge in [0.1, 0.15) is 5.75 Å². The molecule has 0 bridgehead atoms. The molecule has 2 aromatic rings. The second-order valence-corrected chi connectivity index (χ2v) is 4.58. The largest absolute Gasteiger partial charge is 0.476 e. The van der Waals surface area contributed by atoms with E-state index in [-0.39, 0.29) is 6.61 Å². The fourth-order valence-corrected chi connectivity index (χ4v) is 1.85. The molecule has 0 saturated heterocycles. The highest BCUT2D eigenvalue weighted by molar-refractivity contribution is 5.50. The predicted molar refractivity (Wildman–Crippen MR) is 81.7 cm³/mol. The number of nitrogen functional groups attached to an aromatic ring is 1. The first-order valence-electron chi connectivity index (χ1n) is 7.00. The smallest absolute Gasteiger partial charge is 0.240 e. The summed E-state index contributed by atoms with van der Waals surface area (Å²) in [5.41, 5.74) is 7.24. The maximum atomic E-state index is 9.08. The molecule has 0 aliphatic heterocycles. The minimum Gasteiger partial charge on any atom is -0.476 e. The Balaban J connectivity index is 2.19. The van der Waals surface area contributed by atoms with Crippen molar-refractivity contribution < 1.29 is 14.6 Å². The number of aromatic nitrogens is 1. The molecule has 0 saturated carbocycles. The van der Waals surface area contributed by atoms with Crippen molar-refractivity contribution in [2.45, 2.75) is 19.8 Å². The van der Waals surface area contributed by atoms with Gasteiger partial charge in [-0.1, -0.05) is 25.1 Å². The molecule has 0 radical (unpaired) electrons. The van der Waals surface area contributed by atoms with Crippen molar-refractivity contribution in [3.8, 4) is 17.5 Å². The number of aliphatic hydroxyl groups excluding tert-OH is 1. The zero-order valence-corrected chi connectivity index (χ0v) is 12.1. The number of nitrogens with zero attached hydrogens (tertiary/aromatic N) is 1. The molecule has 21 heavy (non-hydrogen) atoms. The number of pyridine rings is 1. The molecule has 0 aliphatic rings. The van der Waals surface area contributed by atoms with Crippen LogP contribution in [0.25, 0.3) is 0 Å². The average molecular weight is 288 g/mol. The number of hydrogen-bond donors (Lipinski definition) is 2. The van der Waals surface area contributed by atoms with Gasteiger partial charge in [0.25, 0.3) is 0 Å². The summed E-state index contributed by atoms with van der Waals surface area (Å²) in [6.45, 7) is 2.64. The molecule has 0 spiro atoms. The summed E-state index contributed by atoms with van der Waals surface area (Å²) in [6, 6.07) is 10.9. The number of benzene rings is 1. The molecule has 0 amide bonds. The van der Waals surface area contributed by atoms with Crippen LogP contribution in [0.3, 0.4) is 0 Å². The first-order valence-corrected chi connectivity index (χ1v) is 7.00. The van der Waals surface area contributed by atoms with Gasteiger partial charge in [-0.2, -0.15) is 4.98 Å². The molecule has 0 fully saturated rings. The minimum absolute atomic E-state index is 0.0698. The van der Waals surface area contributed by atoms with Gasteiger partial charge in [-0.3, -0.25) is 0 Å². The molecule has 0 unspecified atom stereocenters. The molecular formula is C16H20N2O3. The zero-order chi connectivity index (χ0) is 15.1. The molecule has 5 nitrogen and oxygen atoms in total. The standard InChI is InChI=1S/C16H20N2O3/c1-2-11-20-16-13(17)7-8-15(18-16)21-14-6-4-3-5-12(14)9-10-19/h3-8,19H,2,9-11,17H2,1H3. The van der Waals surface area contributed by atoms with Gasteiger partial charge in [0.2, 0.25) is 11.8 Å². The van der Waals surface area contributed by atoms with E-state index in [0.717, 1.165) is 12.0 Å². The summed E-state index contributed by atoms with van der Waals surface area (Å²) in [7, 11) is 0. The van der Waals surface area contributed by atoms with Gasteiger partial charge in [0.05, 0.1) is 12.3 Å². The van der Waals surface area contributed by atoms with Gasteiger partial charge in [-0.15, -0.1) is 0 Å². The van der Waals surface area contributed by atoms with E-state index in [0.29, 0.717) is 36.2 Å². The third-order valence-electron chi connectivity index (χ3n) is 2.88. The SMILES string of the molecule is CCCOc1nc(Oc2ccccc2CCO)ccc1N. The Bertz CT molecular complexity index is 587. The Morgan fingerprint density at radius 2 is 2.00 bits per heavy atom. The highest BCUT2D eigenvalue weighted by Crippen LogP contribution is 2.28. The van der Waals surface area contributed by atoms with Crippen LogP contribution in [-0.4, -0.2) is 23.3 Å². The normalized spacial score (nSPS) is 10.4. The van der Waals surface area contributed by atoms with Crippen molar-refractivity contribution in [2.24, 2.45) is 0 Å². The number of hydrogen-bond acceptors (Lipinski definition) is 5. The van der Waals surface area contributed by atoms with Crippen molar-refractivity contribution in [3.63, 3.8) is 0 Å². The number of aliphatic hydroxyl groups is 1. The average Bonchev–Trinajstić information content (AvgIpc) is 2.50. The second kappa shape index (κ2) is 7.50. The molecular weight excluding hydrogens is 268 g/mol. The maximum absolute atomic E-state index is 9.08. The fraction of sp³-hybridized carbons (Fsp3) is 0.312. The zero-order valence-electron chi connectivity index (χ0n) is 12.1. The summed E-state index contributed by atoms with van der Waals surface area (Å²) < 4.78 is 11.3. The Hall–Kier alpha value is -2.27. The van der Waals surface area contributed by atoms with E-state index in [1.165, 1.54) is 0 Å². The van der Waals surface area contributed by atoms with Gasteiger partial charge >= 0.3 is 0 Å². The predicted octanol–water partition coefficient (Wildman–Crippen LogP) is 2.78. The molecule has 1 aromatic heterocycles. The highest BCUT2D eigenvalue weighted by Gasteiger charge is 2.08. The minimum atomic E-state index is 0.0698. The maximum Gasteiger partial charge on any atom is 0.240 e. The summed E-state index contributed by atoms with van der Waals surface area (Å²) in [5.74, 6) is 1.47. The van der Waals surface area contributed by atoms with E-state index in [1.54, 1.807) is 12.1 Å². The number of para-hydroxylation sites is 1. The molecule has 2 rings (SSSR count). The van der Waals surface area contributed by atoms with Crippen molar-refractivity contribution in [2.75, 3.05) is 18.9 Å². The number of rotatable bonds is 7. The first-order chi connectivity index (χ1) is 10.2. The first kappa shape index (κ1) is 15.1. The van der Waals surface area contributed by atoms with Gasteiger partial charge < -0.3 is 20.3 Å². The Kier molecular flexibility index (Phi) is 5.40. The van der Waals surface area contributed by atoms with Crippen LogP contribution in [-0.2, 0) is 6.42 Å². The van der Waals surface area contributed by atoms with Crippen molar-refractivity contribution in [1.29, 1.82) is 0 Å². The van der Waals surface area contributed by atoms with Gasteiger partial charge in [0.15, 0.2) is 0 Å². The van der Waals surface area contributed by atoms with E-state index >= 15 is 0 Å². The van der Waals surface area contributed by atoms with E-state index < -0.39 is 0 Å². The van der Waals surface area contributed by atoms with Crippen LogP contribution < -0.4 is 15.2 Å². The monoisotopic (exact) mass is 288 g/mol. The van der Waals surface area contributed by atoms with E-state index in [1.807, 2.05) is 31.2 Å². The lowest BCUT2D eigenvalue weighted by molar-refractivity contribution is 0.296. The summed E-state index contributed by atoms with van der Waals surface area (Å²) in [4.78, 5) is 4.27. The lowest BCUT2D eigenvalue weighted by atomic mass is 10.1. The van der Waals surface area contributed by atoms with Crippen molar-refractivity contribution in [3.05, 3.63) is 42.0 Å². The summed E-state index contributed by atoms with van der Waals surface area (Å²) in [5, 5.41) is 9.08. The summed E-state index contributed by atoms with van der Waals surface area (Å²) >= 11 is 0. The third-order valence-corrected chi connectivity index (χ3v) is 2.88. The molecule has 0 aliphatic carbocycles. The number of nitrogens with two attached hydrogens (primary N) is 1. The van der Waals surface area contributed by atoms with Crippen LogP contribution in [0.2, 0.25) is 0 Å². The van der Waals surface area contributed by atoms with E-state index in [4.69, 9.17) is 20.3 Å². The van der Waals surface area contributed by atoms with Crippen molar-refractivity contribution >= 4 is 5.69 Å². The van der Waals surface area contributed by atoms with Crippen LogP contribution in [0.15, 0.2) is 36.4 Å². The second-order valence-electron chi connectivity index (χ2n) is 4.58. The van der Waals surface area contributed by atoms with E-state index in [2.05, 4.69) is 4.98 Å². The van der Waals surface area contributed by atoms with E-state index in [9.17, 15) is 0 Å². The topological polar surface area (TPSA) is 77.6 Å². The lowest BCUT2D eigenvalue weighted by Crippen LogP contribution is -2.02. The van der Waals surface area contributed by atoms with Crippen molar-refractivity contribution in [1.82, 2.24) is 4.98 Å². The molecule has 0 atom stereocenters. The van der Waals surface area contributed by atoms with Crippen LogP contribution >= 0.6 is 0 Å². The third kappa shape index (κ3) is 4.10. The molecule has 1 heterocycles. The van der Waals surface area contributed by atoms with Crippen LogP contribution in [0.1, 0.15) is 18.9 Å². The Morgan fingerprint density at radius 1 is 1.19 bits per heavy atom. The molecule has 3 N–H and O–H groups in total. The van der Waals surface area contributed by atoms with Gasteiger partial charge in [-0.25, -0.2) is 0 Å². The van der Waals surface area contributed by atoms with Crippen LogP contribution in [0, 0.1) is 0 Å². The lowest BCUT2D eigenvalue weighted by Gasteiger charge is -2.12. The molecule has 112 valence electrons. The Labute approximate surface area is 124 Å². The number of anilines is 1. The quantitative estimate of drug-likeness (QED) is 0.819. The number of ether oxygens (including phenoxy) is 2. The van der Waals surface area contributed by atoms with Crippen LogP contribution in [0.4, 0.5) is 5.69 Å². The van der Waals surface area contributed by atoms with Gasteiger partial charge in [0, 0.05) is 12.7 Å². The highest BCUT2D eigenvalue weighted by atomic mass is 16.5. The Morgan fingerprint density at radius 3 is 2.76 bits per heavy atom. The molecule has 5 heteroatoms. The fourth-order valence-electron chi connectivity index (χ4n) is 1.85. The summed E-state index contributed by atoms with van der Waals surface area (Å²) in [6.07, 6.45) is 1.41. The van der Waals surface area contributed by atoms with Crippen LogP contribution in [0.5, 0.6) is 17.5 Å². The molecule has 1 aromatic carbocycles. The van der Waals surface area contributed by atoms with Gasteiger partial charge in [-0.05, 0) is 30.5 Å².